The lowest BCUT2D eigenvalue weighted by molar-refractivity contribution is -0.129. The van der Waals surface area contributed by atoms with E-state index in [1.165, 1.54) is 11.3 Å². The molecule has 3 rings (SSSR count). The summed E-state index contributed by atoms with van der Waals surface area (Å²) in [6.07, 6.45) is 6.44. The number of benzene rings is 1. The van der Waals surface area contributed by atoms with Gasteiger partial charge in [0, 0.05) is 29.1 Å². The lowest BCUT2D eigenvalue weighted by Gasteiger charge is -2.20. The van der Waals surface area contributed by atoms with Gasteiger partial charge in [-0.05, 0) is 38.3 Å². The number of likely N-dealkylation sites (N-methyl/N-ethyl adjacent to an activating group) is 1. The molecule has 1 aromatic carbocycles. The van der Waals surface area contributed by atoms with E-state index in [2.05, 4.69) is 28.1 Å². The highest BCUT2D eigenvalue weighted by Crippen LogP contribution is 2.35. The lowest BCUT2D eigenvalue weighted by atomic mass is 10.0. The molecule has 0 aliphatic heterocycles. The number of unbranched alkanes of at least 4 members (excludes halogenated alkanes) is 2. The number of nitrogens with zero attached hydrogens (tertiary/aromatic N) is 1. The maximum atomic E-state index is 11.1. The number of thiazole rings is 1. The van der Waals surface area contributed by atoms with E-state index in [1.807, 2.05) is 25.2 Å². The Kier molecular flexibility index (Phi) is 7.59. The van der Waals surface area contributed by atoms with E-state index in [1.54, 1.807) is 16.8 Å². The van der Waals surface area contributed by atoms with Gasteiger partial charge in [0.25, 0.3) is 0 Å². The molecule has 1 atom stereocenters. The van der Waals surface area contributed by atoms with Crippen LogP contribution in [0.3, 0.4) is 0 Å². The summed E-state index contributed by atoms with van der Waals surface area (Å²) in [5, 5.41) is 18.6. The monoisotopic (exact) mass is 400 g/mol. The van der Waals surface area contributed by atoms with Gasteiger partial charge in [-0.3, -0.25) is 10.0 Å². The molecule has 1 aromatic heterocycles. The van der Waals surface area contributed by atoms with Crippen LogP contribution in [0.15, 0.2) is 47.0 Å². The predicted octanol–water partition coefficient (Wildman–Crippen LogP) is 4.31. The summed E-state index contributed by atoms with van der Waals surface area (Å²) in [4.78, 5) is 15.8. The van der Waals surface area contributed by atoms with E-state index in [0.29, 0.717) is 6.42 Å². The van der Waals surface area contributed by atoms with E-state index < -0.39 is 0 Å². The second-order valence-electron chi connectivity index (χ2n) is 7.02. The van der Waals surface area contributed by atoms with Crippen LogP contribution in [0.2, 0.25) is 0 Å². The van der Waals surface area contributed by atoms with Gasteiger partial charge in [-0.25, -0.2) is 10.5 Å². The third-order valence-corrected chi connectivity index (χ3v) is 5.67. The fraction of sp³-hybridized carbons (Fsp3) is 0.429. The number of hydrogen-bond acceptors (Lipinski definition) is 6. The molecule has 150 valence electrons. The van der Waals surface area contributed by atoms with E-state index in [-0.39, 0.29) is 11.9 Å². The predicted molar refractivity (Wildman–Crippen MR) is 113 cm³/mol. The zero-order valence-electron chi connectivity index (χ0n) is 16.2. The SMILES string of the molecule is CN[C@@H](CCCCCC(=O)NO)C(Nc1nc(-c2ccccc2)cs1)=C1CC1. The van der Waals surface area contributed by atoms with Crippen LogP contribution in [0.25, 0.3) is 11.3 Å². The summed E-state index contributed by atoms with van der Waals surface area (Å²) in [7, 11) is 1.99. The van der Waals surface area contributed by atoms with Crippen molar-refractivity contribution in [2.75, 3.05) is 12.4 Å². The second-order valence-corrected chi connectivity index (χ2v) is 7.88. The molecule has 0 unspecified atom stereocenters. The Morgan fingerprint density at radius 2 is 2.00 bits per heavy atom. The van der Waals surface area contributed by atoms with Crippen molar-refractivity contribution in [3.63, 3.8) is 0 Å². The van der Waals surface area contributed by atoms with Crippen molar-refractivity contribution < 1.29 is 10.0 Å². The van der Waals surface area contributed by atoms with E-state index in [4.69, 9.17) is 10.2 Å². The molecule has 28 heavy (non-hydrogen) atoms. The summed E-state index contributed by atoms with van der Waals surface area (Å²) >= 11 is 1.63. The molecule has 2 aromatic rings. The van der Waals surface area contributed by atoms with Gasteiger partial charge in [0.15, 0.2) is 5.13 Å². The Bertz CT molecular complexity index is 798. The number of allylic oxidation sites excluding steroid dienone is 1. The number of carbonyl (C=O) groups is 1. The van der Waals surface area contributed by atoms with Crippen molar-refractivity contribution in [1.82, 2.24) is 15.8 Å². The molecule has 1 heterocycles. The zero-order valence-corrected chi connectivity index (χ0v) is 17.0. The number of hydrogen-bond donors (Lipinski definition) is 4. The molecule has 1 aliphatic carbocycles. The summed E-state index contributed by atoms with van der Waals surface area (Å²) in [6.45, 7) is 0. The minimum absolute atomic E-state index is 0.258. The Labute approximate surface area is 170 Å². The van der Waals surface area contributed by atoms with Crippen molar-refractivity contribution in [1.29, 1.82) is 0 Å². The molecule has 1 aliphatic rings. The topological polar surface area (TPSA) is 86.3 Å². The summed E-state index contributed by atoms with van der Waals surface area (Å²) < 4.78 is 0. The summed E-state index contributed by atoms with van der Waals surface area (Å²) in [5.41, 5.74) is 6.53. The number of anilines is 1. The molecule has 0 radical (unpaired) electrons. The molecule has 0 saturated heterocycles. The highest BCUT2D eigenvalue weighted by Gasteiger charge is 2.24. The van der Waals surface area contributed by atoms with E-state index in [9.17, 15) is 4.79 Å². The Balaban J connectivity index is 1.57. The van der Waals surface area contributed by atoms with Gasteiger partial charge in [0.05, 0.1) is 5.69 Å². The van der Waals surface area contributed by atoms with E-state index >= 15 is 0 Å². The van der Waals surface area contributed by atoms with Gasteiger partial charge in [-0.1, -0.05) is 43.2 Å². The first kappa shape index (κ1) is 20.5. The maximum absolute atomic E-state index is 11.1. The van der Waals surface area contributed by atoms with Crippen LogP contribution < -0.4 is 16.1 Å². The summed E-state index contributed by atoms with van der Waals surface area (Å²) in [5.74, 6) is -0.314. The highest BCUT2D eigenvalue weighted by atomic mass is 32.1. The average molecular weight is 401 g/mol. The number of nitrogens with one attached hydrogen (secondary N) is 3. The third kappa shape index (κ3) is 5.89. The molecule has 1 saturated carbocycles. The van der Waals surface area contributed by atoms with Crippen molar-refractivity contribution in [3.8, 4) is 11.3 Å². The average Bonchev–Trinajstić information content (AvgIpc) is 3.47. The number of aromatic nitrogens is 1. The maximum Gasteiger partial charge on any atom is 0.243 e. The molecule has 1 amide bonds. The van der Waals surface area contributed by atoms with Crippen LogP contribution in [0.4, 0.5) is 5.13 Å². The zero-order chi connectivity index (χ0) is 19.8. The van der Waals surface area contributed by atoms with Gasteiger partial charge >= 0.3 is 0 Å². The van der Waals surface area contributed by atoms with Crippen LogP contribution in [0.5, 0.6) is 0 Å². The first-order chi connectivity index (χ1) is 13.7. The van der Waals surface area contributed by atoms with Crippen LogP contribution in [0.1, 0.15) is 44.9 Å². The van der Waals surface area contributed by atoms with Crippen molar-refractivity contribution in [2.45, 2.75) is 51.0 Å². The van der Waals surface area contributed by atoms with Gasteiger partial charge in [-0.15, -0.1) is 11.3 Å². The Morgan fingerprint density at radius 1 is 1.21 bits per heavy atom. The lowest BCUT2D eigenvalue weighted by Crippen LogP contribution is -2.31. The number of hydroxylamine groups is 1. The fourth-order valence-corrected chi connectivity index (χ4v) is 3.97. The molecule has 6 nitrogen and oxygen atoms in total. The van der Waals surface area contributed by atoms with E-state index in [0.717, 1.165) is 54.9 Å². The van der Waals surface area contributed by atoms with Crippen LogP contribution in [-0.4, -0.2) is 29.2 Å². The first-order valence-electron chi connectivity index (χ1n) is 9.81. The van der Waals surface area contributed by atoms with Crippen molar-refractivity contribution in [2.24, 2.45) is 0 Å². The quantitative estimate of drug-likeness (QED) is 0.256. The second kappa shape index (κ2) is 10.4. The van der Waals surface area contributed by atoms with Crippen LogP contribution in [-0.2, 0) is 4.79 Å². The minimum Gasteiger partial charge on any atom is -0.334 e. The van der Waals surface area contributed by atoms with Gasteiger partial charge in [0.1, 0.15) is 0 Å². The standard InChI is InChI=1S/C21H28N4O2S/c1-22-17(10-6-3-7-11-19(26)25-27)20(16-12-13-16)24-21-23-18(14-28-21)15-8-4-2-5-9-15/h2,4-5,8-9,14,17,22,27H,3,6-7,10-13H2,1H3,(H,23,24)(H,25,26)/t17-/m0/s1. The van der Waals surface area contributed by atoms with Crippen LogP contribution in [0, 0.1) is 0 Å². The summed E-state index contributed by atoms with van der Waals surface area (Å²) in [6, 6.07) is 10.5. The first-order valence-corrected chi connectivity index (χ1v) is 10.7. The third-order valence-electron chi connectivity index (χ3n) is 4.91. The Hall–Kier alpha value is -2.22. The molecule has 0 bridgehead atoms. The molecular formula is C21H28N4O2S. The van der Waals surface area contributed by atoms with Crippen molar-refractivity contribution >= 4 is 22.4 Å². The molecule has 7 heteroatoms. The largest absolute Gasteiger partial charge is 0.334 e. The normalized spacial score (nSPS) is 13.9. The molecule has 4 N–H and O–H groups in total. The molecular weight excluding hydrogens is 372 g/mol. The van der Waals surface area contributed by atoms with Gasteiger partial charge in [-0.2, -0.15) is 0 Å². The number of amides is 1. The minimum atomic E-state index is -0.314. The van der Waals surface area contributed by atoms with Gasteiger partial charge < -0.3 is 10.6 Å². The van der Waals surface area contributed by atoms with Crippen LogP contribution >= 0.6 is 11.3 Å². The number of carbonyl (C=O) groups excluding carboxylic acids is 1. The smallest absolute Gasteiger partial charge is 0.243 e. The number of rotatable bonds is 11. The highest BCUT2D eigenvalue weighted by molar-refractivity contribution is 7.14. The molecule has 1 fully saturated rings. The fourth-order valence-electron chi connectivity index (χ4n) is 3.24. The Morgan fingerprint density at radius 3 is 2.68 bits per heavy atom. The molecule has 0 spiro atoms. The van der Waals surface area contributed by atoms with Crippen molar-refractivity contribution in [3.05, 3.63) is 47.0 Å². The van der Waals surface area contributed by atoms with Gasteiger partial charge in [0.2, 0.25) is 5.91 Å².